The first-order chi connectivity index (χ1) is 8.06. The summed E-state index contributed by atoms with van der Waals surface area (Å²) in [5.41, 5.74) is 0.138. The van der Waals surface area contributed by atoms with E-state index in [2.05, 4.69) is 20.7 Å². The summed E-state index contributed by atoms with van der Waals surface area (Å²) in [5.74, 6) is -0.498. The van der Waals surface area contributed by atoms with Gasteiger partial charge < -0.3 is 5.11 Å². The van der Waals surface area contributed by atoms with Crippen molar-refractivity contribution in [3.63, 3.8) is 0 Å². The summed E-state index contributed by atoms with van der Waals surface area (Å²) in [7, 11) is 1.57. The lowest BCUT2D eigenvalue weighted by Crippen LogP contribution is -2.13. The topological polar surface area (TPSA) is 92.9 Å². The van der Waals surface area contributed by atoms with Crippen LogP contribution in [0.15, 0.2) is 18.2 Å². The minimum absolute atomic E-state index is 0.0494. The zero-order valence-corrected chi connectivity index (χ0v) is 9.51. The van der Waals surface area contributed by atoms with Crippen LogP contribution >= 0.6 is 11.6 Å². The average molecular weight is 254 g/mol. The van der Waals surface area contributed by atoms with Crippen molar-refractivity contribution in [3.8, 4) is 5.75 Å². The number of hydrogen-bond acceptors (Lipinski definition) is 5. The fourth-order valence-electron chi connectivity index (χ4n) is 1.19. The molecule has 0 aliphatic heterocycles. The summed E-state index contributed by atoms with van der Waals surface area (Å²) in [5, 5.41) is 22.8. The minimum atomic E-state index is -0.515. The number of aromatic nitrogens is 4. The van der Waals surface area contributed by atoms with E-state index in [0.717, 1.165) is 0 Å². The fraction of sp³-hybridized carbons (Fsp3) is 0.111. The van der Waals surface area contributed by atoms with E-state index in [1.54, 1.807) is 7.05 Å². The second-order valence-electron chi connectivity index (χ2n) is 3.22. The van der Waals surface area contributed by atoms with Gasteiger partial charge in [-0.15, -0.1) is 5.10 Å². The molecule has 0 spiro atoms. The van der Waals surface area contributed by atoms with Gasteiger partial charge in [0.1, 0.15) is 5.75 Å². The van der Waals surface area contributed by atoms with Crippen molar-refractivity contribution >= 4 is 23.5 Å². The first kappa shape index (κ1) is 11.3. The number of phenolic OH excluding ortho intramolecular Hbond substituents is 1. The number of amides is 1. The number of carbonyl (C=O) groups excluding carboxylic acids is 1. The highest BCUT2D eigenvalue weighted by molar-refractivity contribution is 6.34. The van der Waals surface area contributed by atoms with Crippen molar-refractivity contribution in [2.24, 2.45) is 7.05 Å². The number of benzene rings is 1. The Hall–Kier alpha value is -2.15. The van der Waals surface area contributed by atoms with Gasteiger partial charge in [0.25, 0.3) is 11.9 Å². The molecule has 0 unspecified atom stereocenters. The van der Waals surface area contributed by atoms with Gasteiger partial charge in [0.15, 0.2) is 0 Å². The zero-order valence-electron chi connectivity index (χ0n) is 8.75. The van der Waals surface area contributed by atoms with Gasteiger partial charge >= 0.3 is 0 Å². The van der Waals surface area contributed by atoms with Gasteiger partial charge in [-0.25, -0.2) is 0 Å². The standard InChI is InChI=1S/C9H8ClN5O2/c1-15-13-9(12-14-15)11-8(17)6-4-5(16)2-3-7(6)10/h2-4,16H,1H3,(H,11,13,17). The molecule has 2 N–H and O–H groups in total. The van der Waals surface area contributed by atoms with Gasteiger partial charge in [-0.1, -0.05) is 16.7 Å². The maximum Gasteiger partial charge on any atom is 0.270 e. The van der Waals surface area contributed by atoms with Crippen LogP contribution in [0.3, 0.4) is 0 Å². The molecule has 8 heteroatoms. The lowest BCUT2D eigenvalue weighted by atomic mass is 10.2. The maximum absolute atomic E-state index is 11.8. The molecule has 2 aromatic rings. The number of nitrogens with zero attached hydrogens (tertiary/aromatic N) is 4. The molecule has 1 amide bonds. The third-order valence-corrected chi connectivity index (χ3v) is 2.26. The second kappa shape index (κ2) is 4.38. The van der Waals surface area contributed by atoms with E-state index in [1.165, 1.54) is 23.0 Å². The monoisotopic (exact) mass is 253 g/mol. The Kier molecular flexibility index (Phi) is 2.92. The molecule has 0 aliphatic carbocycles. The van der Waals surface area contributed by atoms with Crippen LogP contribution in [0.25, 0.3) is 0 Å². The van der Waals surface area contributed by atoms with Crippen LogP contribution < -0.4 is 5.32 Å². The number of aryl methyl sites for hydroxylation is 1. The molecular formula is C9H8ClN5O2. The molecular weight excluding hydrogens is 246 g/mol. The van der Waals surface area contributed by atoms with Crippen molar-refractivity contribution < 1.29 is 9.90 Å². The highest BCUT2D eigenvalue weighted by Gasteiger charge is 2.13. The lowest BCUT2D eigenvalue weighted by Gasteiger charge is -2.03. The molecule has 0 saturated carbocycles. The van der Waals surface area contributed by atoms with Crippen LogP contribution in [-0.2, 0) is 7.05 Å². The van der Waals surface area contributed by atoms with Crippen molar-refractivity contribution in [1.29, 1.82) is 0 Å². The molecule has 0 atom stereocenters. The van der Waals surface area contributed by atoms with Gasteiger partial charge in [-0.05, 0) is 23.4 Å². The number of rotatable bonds is 2. The van der Waals surface area contributed by atoms with Gasteiger partial charge in [0, 0.05) is 0 Å². The predicted molar refractivity (Wildman–Crippen MR) is 59.9 cm³/mol. The zero-order chi connectivity index (χ0) is 12.4. The predicted octanol–water partition coefficient (Wildman–Crippen LogP) is 0.821. The average Bonchev–Trinajstić information content (AvgIpc) is 2.67. The Balaban J connectivity index is 2.22. The lowest BCUT2D eigenvalue weighted by molar-refractivity contribution is 0.102. The van der Waals surface area contributed by atoms with Gasteiger partial charge in [0.05, 0.1) is 17.6 Å². The normalized spacial score (nSPS) is 10.2. The van der Waals surface area contributed by atoms with E-state index in [0.29, 0.717) is 0 Å². The molecule has 2 rings (SSSR count). The third kappa shape index (κ3) is 2.51. The molecule has 0 bridgehead atoms. The quantitative estimate of drug-likeness (QED) is 0.827. The highest BCUT2D eigenvalue weighted by atomic mass is 35.5. The highest BCUT2D eigenvalue weighted by Crippen LogP contribution is 2.21. The fourth-order valence-corrected chi connectivity index (χ4v) is 1.39. The summed E-state index contributed by atoms with van der Waals surface area (Å²) in [6.45, 7) is 0. The molecule has 7 nitrogen and oxygen atoms in total. The van der Waals surface area contributed by atoms with Crippen molar-refractivity contribution in [2.45, 2.75) is 0 Å². The Bertz CT molecular complexity index is 568. The smallest absolute Gasteiger partial charge is 0.270 e. The van der Waals surface area contributed by atoms with E-state index in [4.69, 9.17) is 11.6 Å². The number of tetrazole rings is 1. The van der Waals surface area contributed by atoms with E-state index in [9.17, 15) is 9.90 Å². The van der Waals surface area contributed by atoms with Gasteiger partial charge in [-0.2, -0.15) is 4.80 Å². The number of phenols is 1. The van der Waals surface area contributed by atoms with E-state index < -0.39 is 5.91 Å². The molecule has 0 fully saturated rings. The molecule has 0 saturated heterocycles. The van der Waals surface area contributed by atoms with Crippen LogP contribution in [-0.4, -0.2) is 31.2 Å². The number of nitrogens with one attached hydrogen (secondary N) is 1. The summed E-state index contributed by atoms with van der Waals surface area (Å²) in [4.78, 5) is 13.0. The Morgan fingerprint density at radius 2 is 2.29 bits per heavy atom. The molecule has 1 aromatic carbocycles. The Morgan fingerprint density at radius 3 is 2.94 bits per heavy atom. The van der Waals surface area contributed by atoms with Crippen molar-refractivity contribution in [3.05, 3.63) is 28.8 Å². The van der Waals surface area contributed by atoms with Crippen LogP contribution in [0, 0.1) is 0 Å². The summed E-state index contributed by atoms with van der Waals surface area (Å²) >= 11 is 5.83. The van der Waals surface area contributed by atoms with E-state index in [-0.39, 0.29) is 22.3 Å². The number of carbonyl (C=O) groups is 1. The number of aromatic hydroxyl groups is 1. The summed E-state index contributed by atoms with van der Waals surface area (Å²) < 4.78 is 0. The minimum Gasteiger partial charge on any atom is -0.508 e. The third-order valence-electron chi connectivity index (χ3n) is 1.93. The number of hydrogen-bond donors (Lipinski definition) is 2. The molecule has 1 aromatic heterocycles. The maximum atomic E-state index is 11.8. The van der Waals surface area contributed by atoms with Crippen molar-refractivity contribution in [1.82, 2.24) is 20.2 Å². The molecule has 0 aliphatic rings. The first-order valence-corrected chi connectivity index (χ1v) is 4.98. The van der Waals surface area contributed by atoms with Crippen molar-refractivity contribution in [2.75, 3.05) is 5.32 Å². The molecule has 0 radical (unpaired) electrons. The van der Waals surface area contributed by atoms with Crippen LogP contribution in [0.2, 0.25) is 5.02 Å². The summed E-state index contributed by atoms with van der Waals surface area (Å²) in [6.07, 6.45) is 0. The largest absolute Gasteiger partial charge is 0.508 e. The van der Waals surface area contributed by atoms with Crippen LogP contribution in [0.1, 0.15) is 10.4 Å². The van der Waals surface area contributed by atoms with E-state index in [1.807, 2.05) is 0 Å². The second-order valence-corrected chi connectivity index (χ2v) is 3.63. The summed E-state index contributed by atoms with van der Waals surface area (Å²) in [6, 6.07) is 4.07. The Labute approximate surface area is 101 Å². The number of halogens is 1. The molecule has 17 heavy (non-hydrogen) atoms. The van der Waals surface area contributed by atoms with E-state index >= 15 is 0 Å². The van der Waals surface area contributed by atoms with Gasteiger partial charge in [-0.3, -0.25) is 10.1 Å². The SMILES string of the molecule is Cn1nnc(NC(=O)c2cc(O)ccc2Cl)n1. The van der Waals surface area contributed by atoms with Gasteiger partial charge in [0.2, 0.25) is 0 Å². The number of anilines is 1. The van der Waals surface area contributed by atoms with Crippen LogP contribution in [0.4, 0.5) is 5.95 Å². The molecule has 1 heterocycles. The van der Waals surface area contributed by atoms with Crippen LogP contribution in [0.5, 0.6) is 5.75 Å². The molecule has 88 valence electrons. The Morgan fingerprint density at radius 1 is 1.53 bits per heavy atom. The first-order valence-electron chi connectivity index (χ1n) is 4.60.